The molecule has 0 radical (unpaired) electrons. The van der Waals surface area contributed by atoms with Crippen LogP contribution in [-0.4, -0.2) is 53.4 Å². The molecule has 0 bridgehead atoms. The minimum Gasteiger partial charge on any atom is -0.311 e. The molecule has 10 heteroatoms. The van der Waals surface area contributed by atoms with Gasteiger partial charge in [0.1, 0.15) is 9.77 Å². The van der Waals surface area contributed by atoms with E-state index in [0.717, 1.165) is 30.4 Å². The van der Waals surface area contributed by atoms with Gasteiger partial charge in [0.2, 0.25) is 10.0 Å². The van der Waals surface area contributed by atoms with Crippen LogP contribution in [0.1, 0.15) is 22.5 Å². The number of anilines is 1. The van der Waals surface area contributed by atoms with Gasteiger partial charge in [0, 0.05) is 32.1 Å². The molecule has 1 aromatic carbocycles. The van der Waals surface area contributed by atoms with E-state index >= 15 is 0 Å². The fourth-order valence-electron chi connectivity index (χ4n) is 2.91. The van der Waals surface area contributed by atoms with Crippen molar-refractivity contribution in [1.29, 1.82) is 0 Å². The van der Waals surface area contributed by atoms with E-state index in [2.05, 4.69) is 0 Å². The molecule has 2 heterocycles. The number of thiophene rings is 1. The zero-order valence-electron chi connectivity index (χ0n) is 15.0. The molecule has 1 amide bonds. The lowest BCUT2D eigenvalue weighted by Crippen LogP contribution is -2.31. The lowest BCUT2D eigenvalue weighted by molar-refractivity contribution is 0.0994. The van der Waals surface area contributed by atoms with Crippen LogP contribution in [0.2, 0.25) is 0 Å². The van der Waals surface area contributed by atoms with E-state index in [1.54, 1.807) is 5.38 Å². The van der Waals surface area contributed by atoms with Crippen LogP contribution in [0.5, 0.6) is 0 Å². The molecule has 1 saturated heterocycles. The fraction of sp³-hybridized carbons (Fsp3) is 0.353. The molecule has 0 unspecified atom stereocenters. The van der Waals surface area contributed by atoms with Gasteiger partial charge in [-0.1, -0.05) is 0 Å². The van der Waals surface area contributed by atoms with Gasteiger partial charge in [0.15, 0.2) is 9.84 Å². The van der Waals surface area contributed by atoms with Gasteiger partial charge in [-0.15, -0.1) is 11.3 Å². The topological polar surface area (TPSA) is 91.8 Å². The van der Waals surface area contributed by atoms with Crippen LogP contribution < -0.4 is 4.90 Å². The van der Waals surface area contributed by atoms with Crippen molar-refractivity contribution in [3.63, 3.8) is 0 Å². The third-order valence-electron chi connectivity index (χ3n) is 4.46. The zero-order valence-corrected chi connectivity index (χ0v) is 17.4. The molecular formula is C17H20N2O5S3. The Labute approximate surface area is 163 Å². The van der Waals surface area contributed by atoms with E-state index in [1.807, 2.05) is 0 Å². The number of nitrogens with zero attached hydrogens (tertiary/aromatic N) is 2. The van der Waals surface area contributed by atoms with Gasteiger partial charge in [-0.05, 0) is 48.6 Å². The number of carbonyl (C=O) groups is 1. The van der Waals surface area contributed by atoms with Crippen molar-refractivity contribution < 1.29 is 21.6 Å². The summed E-state index contributed by atoms with van der Waals surface area (Å²) in [6.07, 6.45) is 2.75. The monoisotopic (exact) mass is 428 g/mol. The highest BCUT2D eigenvalue weighted by molar-refractivity contribution is 7.90. The summed E-state index contributed by atoms with van der Waals surface area (Å²) in [6.45, 7) is 0.934. The molecule has 0 aliphatic carbocycles. The van der Waals surface area contributed by atoms with Gasteiger partial charge in [-0.3, -0.25) is 4.79 Å². The van der Waals surface area contributed by atoms with E-state index in [-0.39, 0.29) is 14.7 Å². The quantitative estimate of drug-likeness (QED) is 0.728. The summed E-state index contributed by atoms with van der Waals surface area (Å²) >= 11 is 1.08. The molecule has 0 N–H and O–H groups in total. The Morgan fingerprint density at radius 3 is 2.19 bits per heavy atom. The van der Waals surface area contributed by atoms with Gasteiger partial charge < -0.3 is 4.90 Å². The van der Waals surface area contributed by atoms with Gasteiger partial charge in [0.05, 0.1) is 4.90 Å². The first-order chi connectivity index (χ1) is 12.6. The van der Waals surface area contributed by atoms with E-state index in [0.29, 0.717) is 18.8 Å². The molecule has 7 nitrogen and oxygen atoms in total. The van der Waals surface area contributed by atoms with E-state index in [4.69, 9.17) is 0 Å². The highest BCUT2D eigenvalue weighted by Gasteiger charge is 2.32. The molecule has 0 spiro atoms. The van der Waals surface area contributed by atoms with E-state index < -0.39 is 25.8 Å². The SMILES string of the molecule is CN(C(=O)c1sccc1S(=O)(=O)N1CCCC1)c1ccc(S(C)(=O)=O)cc1. The predicted molar refractivity (Wildman–Crippen MR) is 105 cm³/mol. The minimum atomic E-state index is -3.70. The Hall–Kier alpha value is -1.75. The summed E-state index contributed by atoms with van der Waals surface area (Å²) in [7, 11) is -5.49. The van der Waals surface area contributed by atoms with Crippen molar-refractivity contribution >= 4 is 42.8 Å². The molecule has 3 rings (SSSR count). The average molecular weight is 429 g/mol. The maximum Gasteiger partial charge on any atom is 0.269 e. The Morgan fingerprint density at radius 1 is 1.04 bits per heavy atom. The molecule has 146 valence electrons. The van der Waals surface area contributed by atoms with Crippen LogP contribution >= 0.6 is 11.3 Å². The first kappa shape index (κ1) is 20.0. The van der Waals surface area contributed by atoms with Crippen molar-refractivity contribution in [2.45, 2.75) is 22.6 Å². The first-order valence-corrected chi connectivity index (χ1v) is 12.5. The second-order valence-corrected chi connectivity index (χ2v) is 11.2. The molecular weight excluding hydrogens is 408 g/mol. The Balaban J connectivity index is 1.90. The average Bonchev–Trinajstić information content (AvgIpc) is 3.31. The molecule has 1 aliphatic heterocycles. The number of hydrogen-bond donors (Lipinski definition) is 0. The number of benzene rings is 1. The molecule has 1 aliphatic rings. The molecule has 27 heavy (non-hydrogen) atoms. The van der Waals surface area contributed by atoms with Gasteiger partial charge >= 0.3 is 0 Å². The standard InChI is InChI=1S/C17H20N2O5S3/c1-18(13-5-7-14(8-6-13)26(2,21)22)17(20)16-15(9-12-25-16)27(23,24)19-10-3-4-11-19/h5-9,12H,3-4,10-11H2,1-2H3. The highest BCUT2D eigenvalue weighted by Crippen LogP contribution is 2.29. The van der Waals surface area contributed by atoms with Gasteiger partial charge in [-0.2, -0.15) is 4.31 Å². The Morgan fingerprint density at radius 2 is 1.63 bits per heavy atom. The van der Waals surface area contributed by atoms with Crippen LogP contribution in [0, 0.1) is 0 Å². The van der Waals surface area contributed by atoms with Crippen molar-refractivity contribution in [3.8, 4) is 0 Å². The summed E-state index contributed by atoms with van der Waals surface area (Å²) in [5.41, 5.74) is 0.477. The molecule has 1 aromatic heterocycles. The van der Waals surface area contributed by atoms with Crippen molar-refractivity contribution in [1.82, 2.24) is 4.31 Å². The summed E-state index contributed by atoms with van der Waals surface area (Å²) in [5.74, 6) is -0.449. The number of sulfone groups is 1. The minimum absolute atomic E-state index is 0.0269. The van der Waals surface area contributed by atoms with Crippen molar-refractivity contribution in [2.24, 2.45) is 0 Å². The third-order valence-corrected chi connectivity index (χ3v) is 8.56. The third kappa shape index (κ3) is 3.93. The number of amides is 1. The normalized spacial score (nSPS) is 15.8. The maximum atomic E-state index is 12.9. The first-order valence-electron chi connectivity index (χ1n) is 8.28. The van der Waals surface area contributed by atoms with E-state index in [9.17, 15) is 21.6 Å². The van der Waals surface area contributed by atoms with Crippen LogP contribution in [-0.2, 0) is 19.9 Å². The summed E-state index contributed by atoms with van der Waals surface area (Å²) < 4.78 is 50.2. The van der Waals surface area contributed by atoms with Crippen molar-refractivity contribution in [2.75, 3.05) is 31.3 Å². The Kier molecular flexibility index (Phi) is 5.44. The molecule has 0 saturated carbocycles. The number of hydrogen-bond acceptors (Lipinski definition) is 6. The highest BCUT2D eigenvalue weighted by atomic mass is 32.2. The second kappa shape index (κ2) is 7.34. The van der Waals surface area contributed by atoms with Crippen molar-refractivity contribution in [3.05, 3.63) is 40.6 Å². The second-order valence-electron chi connectivity index (χ2n) is 6.36. The largest absolute Gasteiger partial charge is 0.311 e. The number of carbonyl (C=O) groups excluding carboxylic acids is 1. The van der Waals surface area contributed by atoms with Crippen LogP contribution in [0.4, 0.5) is 5.69 Å². The van der Waals surface area contributed by atoms with Crippen LogP contribution in [0.3, 0.4) is 0 Å². The lowest BCUT2D eigenvalue weighted by Gasteiger charge is -2.19. The summed E-state index contributed by atoms with van der Waals surface area (Å²) in [5, 5.41) is 1.59. The number of sulfonamides is 1. The predicted octanol–water partition coefficient (Wildman–Crippen LogP) is 2.21. The smallest absolute Gasteiger partial charge is 0.269 e. The zero-order chi connectivity index (χ0) is 19.8. The molecule has 2 aromatic rings. The summed E-state index contributed by atoms with van der Waals surface area (Å²) in [6, 6.07) is 7.36. The van der Waals surface area contributed by atoms with Gasteiger partial charge in [-0.25, -0.2) is 16.8 Å². The number of rotatable bonds is 5. The van der Waals surface area contributed by atoms with Gasteiger partial charge in [0.25, 0.3) is 5.91 Å². The fourth-order valence-corrected chi connectivity index (χ4v) is 6.43. The lowest BCUT2D eigenvalue weighted by atomic mass is 10.3. The maximum absolute atomic E-state index is 12.9. The van der Waals surface area contributed by atoms with Crippen LogP contribution in [0.15, 0.2) is 45.5 Å². The molecule has 0 atom stereocenters. The van der Waals surface area contributed by atoms with E-state index in [1.165, 1.54) is 46.6 Å². The summed E-state index contributed by atoms with van der Waals surface area (Å²) in [4.78, 5) is 14.6. The Bertz CT molecular complexity index is 1050. The van der Waals surface area contributed by atoms with Crippen LogP contribution in [0.25, 0.3) is 0 Å². The molecule has 1 fully saturated rings.